The Balaban J connectivity index is 2.14. The van der Waals surface area contributed by atoms with Crippen molar-refractivity contribution in [3.63, 3.8) is 0 Å². The number of amides is 1. The van der Waals surface area contributed by atoms with E-state index in [-0.39, 0.29) is 17.8 Å². The number of carbonyl (C=O) groups excluding carboxylic acids is 4. The fourth-order valence-electron chi connectivity index (χ4n) is 3.09. The van der Waals surface area contributed by atoms with E-state index >= 15 is 0 Å². The van der Waals surface area contributed by atoms with Gasteiger partial charge in [-0.2, -0.15) is 0 Å². The van der Waals surface area contributed by atoms with E-state index in [2.05, 4.69) is 4.74 Å². The standard InChI is InChI=1S/C22H22N2O6S/c1-22(2,3)30-21(28)24-10-14(19-13(20(23)27)6-5-7-15(19)24)12-8-17(31-11-12)16(25)9-18(26)29-4/h5-8,10-11H,9H2,1-4H3,(H2,23,27). The molecule has 2 heterocycles. The van der Waals surface area contributed by atoms with Gasteiger partial charge in [0.25, 0.3) is 0 Å². The number of methoxy groups -OCH3 is 1. The normalized spacial score (nSPS) is 11.4. The summed E-state index contributed by atoms with van der Waals surface area (Å²) in [6, 6.07) is 6.50. The summed E-state index contributed by atoms with van der Waals surface area (Å²) in [7, 11) is 1.21. The number of esters is 1. The van der Waals surface area contributed by atoms with Gasteiger partial charge in [-0.15, -0.1) is 11.3 Å². The number of ether oxygens (including phenoxy) is 2. The third-order valence-corrected chi connectivity index (χ3v) is 5.37. The first kappa shape index (κ1) is 22.2. The summed E-state index contributed by atoms with van der Waals surface area (Å²) in [5, 5.41) is 2.20. The number of nitrogens with two attached hydrogens (primary N) is 1. The first-order valence-corrected chi connectivity index (χ1v) is 10.3. The fraction of sp³-hybridized carbons (Fsp3) is 0.273. The van der Waals surface area contributed by atoms with E-state index in [0.29, 0.717) is 26.9 Å². The molecular weight excluding hydrogens is 420 g/mol. The Labute approximate surface area is 182 Å². The van der Waals surface area contributed by atoms with E-state index in [4.69, 9.17) is 10.5 Å². The minimum atomic E-state index is -0.717. The molecule has 0 aliphatic carbocycles. The highest BCUT2D eigenvalue weighted by Gasteiger charge is 2.24. The minimum Gasteiger partial charge on any atom is -0.469 e. The van der Waals surface area contributed by atoms with Gasteiger partial charge in [0.1, 0.15) is 12.0 Å². The van der Waals surface area contributed by atoms with Gasteiger partial charge in [0.05, 0.1) is 17.5 Å². The van der Waals surface area contributed by atoms with Crippen LogP contribution in [-0.2, 0) is 14.3 Å². The maximum atomic E-state index is 12.8. The van der Waals surface area contributed by atoms with Gasteiger partial charge in [-0.05, 0) is 49.9 Å². The Morgan fingerprint density at radius 3 is 2.48 bits per heavy atom. The Morgan fingerprint density at radius 2 is 1.87 bits per heavy atom. The smallest absolute Gasteiger partial charge is 0.419 e. The number of carbonyl (C=O) groups is 4. The molecule has 2 N–H and O–H groups in total. The molecule has 162 valence electrons. The molecule has 31 heavy (non-hydrogen) atoms. The number of primary amides is 1. The molecule has 3 rings (SSSR count). The SMILES string of the molecule is COC(=O)CC(=O)c1cc(-c2cn(C(=O)OC(C)(C)C)c3cccc(C(N)=O)c23)cs1. The van der Waals surface area contributed by atoms with Crippen molar-refractivity contribution in [1.82, 2.24) is 4.57 Å². The van der Waals surface area contributed by atoms with Crippen LogP contribution in [0.5, 0.6) is 0 Å². The summed E-state index contributed by atoms with van der Waals surface area (Å²) in [6.45, 7) is 5.26. The molecule has 0 radical (unpaired) electrons. The maximum Gasteiger partial charge on any atom is 0.419 e. The molecule has 0 aliphatic heterocycles. The quantitative estimate of drug-likeness (QED) is 0.363. The second-order valence-electron chi connectivity index (χ2n) is 7.83. The first-order valence-electron chi connectivity index (χ1n) is 9.38. The highest BCUT2D eigenvalue weighted by molar-refractivity contribution is 7.12. The van der Waals surface area contributed by atoms with Crippen molar-refractivity contribution in [2.75, 3.05) is 7.11 Å². The number of benzene rings is 1. The number of Topliss-reactive ketones (excluding diaryl/α,β-unsaturated/α-hetero) is 1. The molecule has 0 aliphatic rings. The van der Waals surface area contributed by atoms with Gasteiger partial charge in [0.15, 0.2) is 5.78 Å². The monoisotopic (exact) mass is 442 g/mol. The lowest BCUT2D eigenvalue weighted by Gasteiger charge is -2.19. The van der Waals surface area contributed by atoms with Crippen molar-refractivity contribution in [2.45, 2.75) is 32.8 Å². The highest BCUT2D eigenvalue weighted by Crippen LogP contribution is 2.36. The number of hydrogen-bond acceptors (Lipinski definition) is 7. The van der Waals surface area contributed by atoms with Gasteiger partial charge in [-0.3, -0.25) is 19.0 Å². The third kappa shape index (κ3) is 4.66. The van der Waals surface area contributed by atoms with Gasteiger partial charge >= 0.3 is 12.1 Å². The lowest BCUT2D eigenvalue weighted by molar-refractivity contribution is -0.139. The lowest BCUT2D eigenvalue weighted by atomic mass is 10.0. The highest BCUT2D eigenvalue weighted by atomic mass is 32.1. The molecular formula is C22H22N2O6S. The zero-order valence-corrected chi connectivity index (χ0v) is 18.4. The number of fused-ring (bicyclic) bond motifs is 1. The molecule has 9 heteroatoms. The van der Waals surface area contributed by atoms with Crippen molar-refractivity contribution in [3.8, 4) is 11.1 Å². The summed E-state index contributed by atoms with van der Waals surface area (Å²) < 4.78 is 11.3. The summed E-state index contributed by atoms with van der Waals surface area (Å²) >= 11 is 1.16. The van der Waals surface area contributed by atoms with Crippen LogP contribution in [0.4, 0.5) is 4.79 Å². The van der Waals surface area contributed by atoms with Crippen molar-refractivity contribution in [2.24, 2.45) is 5.73 Å². The number of hydrogen-bond donors (Lipinski definition) is 1. The topological polar surface area (TPSA) is 118 Å². The van der Waals surface area contributed by atoms with Gasteiger partial charge in [-0.25, -0.2) is 4.79 Å². The van der Waals surface area contributed by atoms with Crippen LogP contribution in [0.15, 0.2) is 35.8 Å². The van der Waals surface area contributed by atoms with E-state index in [9.17, 15) is 19.2 Å². The molecule has 0 saturated carbocycles. The Bertz CT molecular complexity index is 1200. The van der Waals surface area contributed by atoms with Gasteiger partial charge in [0.2, 0.25) is 5.91 Å². The molecule has 0 atom stereocenters. The molecule has 0 unspecified atom stereocenters. The maximum absolute atomic E-state index is 12.8. The number of aromatic nitrogens is 1. The van der Waals surface area contributed by atoms with Crippen LogP contribution in [0.1, 0.15) is 47.2 Å². The number of nitrogens with zero attached hydrogens (tertiary/aromatic N) is 1. The van der Waals surface area contributed by atoms with E-state index in [0.717, 1.165) is 11.3 Å². The van der Waals surface area contributed by atoms with Gasteiger partial charge in [0, 0.05) is 22.7 Å². The van der Waals surface area contributed by atoms with Crippen molar-refractivity contribution in [1.29, 1.82) is 0 Å². The summed E-state index contributed by atoms with van der Waals surface area (Å²) in [5.74, 6) is -1.65. The van der Waals surface area contributed by atoms with Gasteiger partial charge in [-0.1, -0.05) is 6.07 Å². The fourth-order valence-corrected chi connectivity index (χ4v) is 3.94. The molecule has 1 amide bonds. The second kappa shape index (κ2) is 8.35. The Morgan fingerprint density at radius 1 is 1.16 bits per heavy atom. The predicted octanol–water partition coefficient (Wildman–Crippen LogP) is 4.00. The molecule has 0 saturated heterocycles. The Hall–Kier alpha value is -3.46. The summed E-state index contributed by atoms with van der Waals surface area (Å²) in [6.07, 6.45) is 0.576. The minimum absolute atomic E-state index is 0.239. The van der Waals surface area contributed by atoms with Crippen LogP contribution in [0.3, 0.4) is 0 Å². The predicted molar refractivity (Wildman–Crippen MR) is 116 cm³/mol. The third-order valence-electron chi connectivity index (χ3n) is 4.40. The van der Waals surface area contributed by atoms with E-state index in [1.807, 2.05) is 0 Å². The van der Waals surface area contributed by atoms with Crippen molar-refractivity contribution in [3.05, 3.63) is 46.3 Å². The molecule has 3 aromatic rings. The number of ketones is 1. The average molecular weight is 442 g/mol. The Kier molecular flexibility index (Phi) is 5.99. The van der Waals surface area contributed by atoms with Crippen LogP contribution in [0.25, 0.3) is 22.0 Å². The van der Waals surface area contributed by atoms with E-state index in [1.54, 1.807) is 56.6 Å². The molecule has 0 bridgehead atoms. The molecule has 8 nitrogen and oxygen atoms in total. The van der Waals surface area contributed by atoms with Crippen LogP contribution in [0, 0.1) is 0 Å². The van der Waals surface area contributed by atoms with Crippen molar-refractivity contribution >= 4 is 46.0 Å². The zero-order valence-electron chi connectivity index (χ0n) is 17.6. The molecule has 0 fully saturated rings. The van der Waals surface area contributed by atoms with E-state index in [1.165, 1.54) is 11.7 Å². The van der Waals surface area contributed by atoms with E-state index < -0.39 is 23.6 Å². The van der Waals surface area contributed by atoms with Gasteiger partial charge < -0.3 is 15.2 Å². The van der Waals surface area contributed by atoms with Crippen LogP contribution in [0.2, 0.25) is 0 Å². The first-order chi connectivity index (χ1) is 14.5. The number of thiophene rings is 1. The van der Waals surface area contributed by atoms with Crippen LogP contribution in [-0.4, -0.2) is 41.0 Å². The van der Waals surface area contributed by atoms with Crippen molar-refractivity contribution < 1.29 is 28.7 Å². The summed E-state index contributed by atoms with van der Waals surface area (Å²) in [5.41, 5.74) is 6.70. The molecule has 2 aromatic heterocycles. The van der Waals surface area contributed by atoms with Crippen LogP contribution >= 0.6 is 11.3 Å². The average Bonchev–Trinajstić information content (AvgIpc) is 3.31. The van der Waals surface area contributed by atoms with Crippen LogP contribution < -0.4 is 5.73 Å². The second-order valence-corrected chi connectivity index (χ2v) is 8.74. The zero-order chi connectivity index (χ0) is 22.9. The molecule has 0 spiro atoms. The lowest BCUT2D eigenvalue weighted by Crippen LogP contribution is -2.26. The summed E-state index contributed by atoms with van der Waals surface area (Å²) in [4.78, 5) is 49.0. The number of rotatable bonds is 5. The largest absolute Gasteiger partial charge is 0.469 e. The molecule has 1 aromatic carbocycles.